The van der Waals surface area contributed by atoms with Gasteiger partial charge < -0.3 is 9.05 Å². The Balaban J connectivity index is 2.39. The van der Waals surface area contributed by atoms with Gasteiger partial charge in [-0.3, -0.25) is 4.57 Å². The molecule has 3 aromatic carbocycles. The van der Waals surface area contributed by atoms with Gasteiger partial charge in [-0.25, -0.2) is 0 Å². The highest BCUT2D eigenvalue weighted by molar-refractivity contribution is 7.62. The first-order chi connectivity index (χ1) is 9.68. The SMILES string of the molecule is COP(=O)(OC)c1cccc2cc3ccccc3cc12. The second kappa shape index (κ2) is 5.02. The molecule has 0 aliphatic heterocycles. The largest absolute Gasteiger partial charge is 0.361 e. The molecule has 0 saturated heterocycles. The van der Waals surface area contributed by atoms with E-state index >= 15 is 0 Å². The van der Waals surface area contributed by atoms with E-state index in [9.17, 15) is 4.57 Å². The first-order valence-corrected chi connectivity index (χ1v) is 7.86. The summed E-state index contributed by atoms with van der Waals surface area (Å²) in [7, 11) is -0.443. The molecule has 0 atom stereocenters. The highest BCUT2D eigenvalue weighted by Gasteiger charge is 2.26. The van der Waals surface area contributed by atoms with Crippen LogP contribution in [0.4, 0.5) is 0 Å². The molecule has 3 aromatic rings. The third-order valence-electron chi connectivity index (χ3n) is 3.50. The van der Waals surface area contributed by atoms with Crippen LogP contribution < -0.4 is 5.30 Å². The molecule has 0 radical (unpaired) electrons. The van der Waals surface area contributed by atoms with Crippen molar-refractivity contribution >= 4 is 34.4 Å². The molecule has 0 spiro atoms. The van der Waals surface area contributed by atoms with Gasteiger partial charge in [0.1, 0.15) is 0 Å². The monoisotopic (exact) mass is 286 g/mol. The Morgan fingerprint density at radius 2 is 1.40 bits per heavy atom. The summed E-state index contributed by atoms with van der Waals surface area (Å²) >= 11 is 0. The van der Waals surface area contributed by atoms with Gasteiger partial charge in [-0.2, -0.15) is 0 Å². The standard InChI is InChI=1S/C16H15O3P/c1-18-20(17,19-2)16-9-5-8-14-10-12-6-3-4-7-13(12)11-15(14)16/h3-11H,1-2H3. The fraction of sp³-hybridized carbons (Fsp3) is 0.125. The Bertz CT molecular complexity index is 818. The van der Waals surface area contributed by atoms with Crippen molar-refractivity contribution < 1.29 is 13.6 Å². The Labute approximate surface area is 117 Å². The second-order valence-corrected chi connectivity index (χ2v) is 6.77. The minimum absolute atomic E-state index is 0.603. The maximum atomic E-state index is 12.7. The zero-order valence-corrected chi connectivity index (χ0v) is 12.3. The summed E-state index contributed by atoms with van der Waals surface area (Å²) in [5.41, 5.74) is 0. The van der Waals surface area contributed by atoms with Gasteiger partial charge in [-0.05, 0) is 39.7 Å². The molecule has 0 unspecified atom stereocenters. The van der Waals surface area contributed by atoms with E-state index in [0.29, 0.717) is 5.30 Å². The average Bonchev–Trinajstić information content (AvgIpc) is 2.51. The van der Waals surface area contributed by atoms with Crippen LogP contribution in [-0.2, 0) is 13.6 Å². The van der Waals surface area contributed by atoms with Crippen LogP contribution in [0.2, 0.25) is 0 Å². The van der Waals surface area contributed by atoms with E-state index in [-0.39, 0.29) is 0 Å². The van der Waals surface area contributed by atoms with Crippen molar-refractivity contribution in [2.45, 2.75) is 0 Å². The summed E-state index contributed by atoms with van der Waals surface area (Å²) in [4.78, 5) is 0. The van der Waals surface area contributed by atoms with Gasteiger partial charge in [0.15, 0.2) is 0 Å². The van der Waals surface area contributed by atoms with Crippen LogP contribution >= 0.6 is 7.60 Å². The number of fused-ring (bicyclic) bond motifs is 2. The smallest absolute Gasteiger partial charge is 0.309 e. The van der Waals surface area contributed by atoms with Gasteiger partial charge in [0.2, 0.25) is 0 Å². The molecule has 0 N–H and O–H groups in total. The van der Waals surface area contributed by atoms with Crippen LogP contribution in [-0.4, -0.2) is 14.2 Å². The number of benzene rings is 3. The van der Waals surface area contributed by atoms with Crippen molar-refractivity contribution in [3.8, 4) is 0 Å². The van der Waals surface area contributed by atoms with E-state index in [4.69, 9.17) is 9.05 Å². The highest BCUT2D eigenvalue weighted by Crippen LogP contribution is 2.47. The molecule has 0 heterocycles. The number of hydrogen-bond donors (Lipinski definition) is 0. The minimum atomic E-state index is -3.26. The molecule has 0 bridgehead atoms. The maximum Gasteiger partial charge on any atom is 0.361 e. The van der Waals surface area contributed by atoms with E-state index in [1.165, 1.54) is 14.2 Å². The maximum absolute atomic E-state index is 12.7. The Hall–Kier alpha value is -1.67. The van der Waals surface area contributed by atoms with Crippen molar-refractivity contribution in [3.63, 3.8) is 0 Å². The average molecular weight is 286 g/mol. The van der Waals surface area contributed by atoms with Gasteiger partial charge >= 0.3 is 7.60 Å². The van der Waals surface area contributed by atoms with Crippen LogP contribution in [0.3, 0.4) is 0 Å². The molecule has 0 aliphatic carbocycles. The zero-order valence-electron chi connectivity index (χ0n) is 11.4. The lowest BCUT2D eigenvalue weighted by Gasteiger charge is -2.16. The first-order valence-electron chi connectivity index (χ1n) is 6.31. The number of hydrogen-bond acceptors (Lipinski definition) is 3. The molecule has 20 heavy (non-hydrogen) atoms. The number of rotatable bonds is 3. The first kappa shape index (κ1) is 13.3. The molecule has 0 aliphatic rings. The van der Waals surface area contributed by atoms with E-state index in [1.54, 1.807) is 6.07 Å². The second-order valence-electron chi connectivity index (χ2n) is 4.56. The Morgan fingerprint density at radius 1 is 0.800 bits per heavy atom. The topological polar surface area (TPSA) is 35.5 Å². The molecule has 3 nitrogen and oxygen atoms in total. The van der Waals surface area contributed by atoms with Gasteiger partial charge in [0.25, 0.3) is 0 Å². The normalized spacial score (nSPS) is 12.1. The van der Waals surface area contributed by atoms with Crippen LogP contribution in [0.15, 0.2) is 54.6 Å². The fourth-order valence-electron chi connectivity index (χ4n) is 2.46. The molecule has 102 valence electrons. The summed E-state index contributed by atoms with van der Waals surface area (Å²) in [6.07, 6.45) is 0. The van der Waals surface area contributed by atoms with Crippen molar-refractivity contribution in [2.24, 2.45) is 0 Å². The summed E-state index contributed by atoms with van der Waals surface area (Å²) in [6, 6.07) is 17.9. The Morgan fingerprint density at radius 3 is 2.05 bits per heavy atom. The van der Waals surface area contributed by atoms with Crippen LogP contribution in [0.1, 0.15) is 0 Å². The van der Waals surface area contributed by atoms with Crippen molar-refractivity contribution in [2.75, 3.05) is 14.2 Å². The lowest BCUT2D eigenvalue weighted by Crippen LogP contribution is -2.09. The van der Waals surface area contributed by atoms with Gasteiger partial charge in [0, 0.05) is 14.2 Å². The zero-order chi connectivity index (χ0) is 14.2. The van der Waals surface area contributed by atoms with Crippen LogP contribution in [0, 0.1) is 0 Å². The fourth-order valence-corrected chi connectivity index (χ4v) is 3.76. The highest BCUT2D eigenvalue weighted by atomic mass is 31.2. The summed E-state index contributed by atoms with van der Waals surface area (Å²) in [5.74, 6) is 0. The summed E-state index contributed by atoms with van der Waals surface area (Å²) in [6.45, 7) is 0. The molecule has 3 rings (SSSR count). The predicted molar refractivity (Wildman–Crippen MR) is 82.7 cm³/mol. The molecule has 4 heteroatoms. The van der Waals surface area contributed by atoms with Gasteiger partial charge in [0.05, 0.1) is 5.30 Å². The third-order valence-corrected chi connectivity index (χ3v) is 5.44. The molecule has 0 fully saturated rings. The molecular weight excluding hydrogens is 271 g/mol. The van der Waals surface area contributed by atoms with Crippen molar-refractivity contribution in [1.29, 1.82) is 0 Å². The van der Waals surface area contributed by atoms with Crippen molar-refractivity contribution in [1.82, 2.24) is 0 Å². The molecular formula is C16H15O3P. The van der Waals surface area contributed by atoms with Gasteiger partial charge in [-0.1, -0.05) is 36.4 Å². The summed E-state index contributed by atoms with van der Waals surface area (Å²) in [5, 5.41) is 4.78. The quantitative estimate of drug-likeness (QED) is 0.537. The third kappa shape index (κ3) is 2.04. The van der Waals surface area contributed by atoms with E-state index < -0.39 is 7.60 Å². The minimum Gasteiger partial charge on any atom is -0.309 e. The summed E-state index contributed by atoms with van der Waals surface area (Å²) < 4.78 is 22.9. The van der Waals surface area contributed by atoms with Crippen molar-refractivity contribution in [3.05, 3.63) is 54.6 Å². The van der Waals surface area contributed by atoms with Gasteiger partial charge in [-0.15, -0.1) is 0 Å². The van der Waals surface area contributed by atoms with E-state index in [1.807, 2.05) is 36.4 Å². The van der Waals surface area contributed by atoms with E-state index in [0.717, 1.165) is 21.5 Å². The van der Waals surface area contributed by atoms with Crippen LogP contribution in [0.25, 0.3) is 21.5 Å². The Kier molecular flexibility index (Phi) is 3.35. The van der Waals surface area contributed by atoms with Crippen LogP contribution in [0.5, 0.6) is 0 Å². The predicted octanol–water partition coefficient (Wildman–Crippen LogP) is 4.10. The molecule has 0 aromatic heterocycles. The lowest BCUT2D eigenvalue weighted by atomic mass is 10.0. The molecule has 0 amide bonds. The lowest BCUT2D eigenvalue weighted by molar-refractivity contribution is 0.287. The van der Waals surface area contributed by atoms with E-state index in [2.05, 4.69) is 12.1 Å². The molecule has 0 saturated carbocycles.